The van der Waals surface area contributed by atoms with Crippen LogP contribution in [0.3, 0.4) is 0 Å². The molecule has 0 spiro atoms. The minimum atomic E-state index is 0.209. The van der Waals surface area contributed by atoms with Crippen LogP contribution in [0.2, 0.25) is 0 Å². The molecule has 69 heavy (non-hydrogen) atoms. The Bertz CT molecular complexity index is 2680. The van der Waals surface area contributed by atoms with E-state index < -0.39 is 0 Å². The van der Waals surface area contributed by atoms with E-state index in [0.717, 1.165) is 64.2 Å². The van der Waals surface area contributed by atoms with Gasteiger partial charge in [-0.3, -0.25) is 0 Å². The zero-order chi connectivity index (χ0) is 47.3. The first-order chi connectivity index (χ1) is 33.8. The van der Waals surface area contributed by atoms with E-state index in [1.165, 1.54) is 62.3 Å². The van der Waals surface area contributed by atoms with Crippen LogP contribution in [0.4, 0.5) is 5.69 Å². The Hall–Kier alpha value is -6.26. The molecule has 0 saturated carbocycles. The third kappa shape index (κ3) is 10.5. The summed E-state index contributed by atoms with van der Waals surface area (Å²) in [7, 11) is 0. The average Bonchev–Trinajstić information content (AvgIpc) is 3.36. The SMILES string of the molecule is CC1=CC(N(C2=CC=CC(C)C2)C2C=CC(N(C3=CC=C(C4C=CC(N(c5ccccc5)C5C=CC(N(C6=CCCC(C)=C6)C6=CC=CC(C)C6)=CC5)=CC4C)CC3)C3C=CC=CC3)=CC2)CC=C1. The second-order valence-corrected chi connectivity index (χ2v) is 21.0. The van der Waals surface area contributed by atoms with Crippen LogP contribution >= 0.6 is 0 Å². The maximum absolute atomic E-state index is 2.73. The van der Waals surface area contributed by atoms with Crippen molar-refractivity contribution >= 4 is 5.69 Å². The van der Waals surface area contributed by atoms with Gasteiger partial charge in [0.1, 0.15) is 0 Å². The van der Waals surface area contributed by atoms with Gasteiger partial charge in [0.2, 0.25) is 0 Å². The van der Waals surface area contributed by atoms with Gasteiger partial charge in [-0.15, -0.1) is 0 Å². The van der Waals surface area contributed by atoms with Crippen LogP contribution in [0.25, 0.3) is 0 Å². The summed E-state index contributed by atoms with van der Waals surface area (Å²) in [5.41, 5.74) is 15.1. The molecule has 0 bridgehead atoms. The molecular weight excluding hydrogens is 837 g/mol. The van der Waals surface area contributed by atoms with Gasteiger partial charge in [-0.1, -0.05) is 171 Å². The molecule has 0 heterocycles. The maximum atomic E-state index is 2.73. The molecule has 9 aliphatic carbocycles. The number of rotatable bonds is 13. The van der Waals surface area contributed by atoms with E-state index >= 15 is 0 Å². The Balaban J connectivity index is 0.867. The standard InChI is InChI=1S/C65H74N4/c1-47-16-12-24-60(42-47)68(61-25-13-17-48(2)43-61)58-36-32-56(33-37-58)66(53-20-8-6-9-21-53)55-30-28-52(29-31-55)65-41-40-64(46-51(65)5)67(54-22-10-7-11-23-54)57-34-38-59(39-35-57)69(62-26-14-18-49(3)44-62)63-27-15-19-50(4)45-63/h6-14,16-18,20,22-24,26-28,30,32-34,36,38-41,43,45-47,49,51,53,57-58,61,65H,15,19,21,25,29,31,35,37,42,44H2,1-5H3. The third-order valence-electron chi connectivity index (χ3n) is 15.6. The predicted molar refractivity (Wildman–Crippen MR) is 292 cm³/mol. The van der Waals surface area contributed by atoms with Gasteiger partial charge in [0.15, 0.2) is 0 Å². The quantitative estimate of drug-likeness (QED) is 0.195. The highest BCUT2D eigenvalue weighted by atomic mass is 15.2. The molecule has 10 rings (SSSR count). The lowest BCUT2D eigenvalue weighted by molar-refractivity contribution is 0.228. The fourth-order valence-electron chi connectivity index (χ4n) is 12.1. The van der Waals surface area contributed by atoms with Crippen molar-refractivity contribution in [3.63, 3.8) is 0 Å². The molecule has 8 atom stereocenters. The monoisotopic (exact) mass is 911 g/mol. The third-order valence-corrected chi connectivity index (χ3v) is 15.6. The molecule has 354 valence electrons. The van der Waals surface area contributed by atoms with Crippen molar-refractivity contribution in [1.82, 2.24) is 14.7 Å². The van der Waals surface area contributed by atoms with E-state index in [0.29, 0.717) is 41.8 Å². The lowest BCUT2D eigenvalue weighted by Crippen LogP contribution is -2.43. The van der Waals surface area contributed by atoms with Gasteiger partial charge in [-0.05, 0) is 150 Å². The van der Waals surface area contributed by atoms with Gasteiger partial charge in [-0.2, -0.15) is 0 Å². The van der Waals surface area contributed by atoms with Gasteiger partial charge in [-0.25, -0.2) is 0 Å². The summed E-state index contributed by atoms with van der Waals surface area (Å²) in [6.45, 7) is 11.6. The van der Waals surface area contributed by atoms with Crippen LogP contribution in [0.15, 0.2) is 245 Å². The van der Waals surface area contributed by atoms with Crippen LogP contribution in [0.1, 0.15) is 98.8 Å². The number of benzene rings is 1. The molecule has 9 aliphatic rings. The number of para-hydroxylation sites is 1. The largest absolute Gasteiger partial charge is 0.361 e. The molecule has 0 aromatic heterocycles. The number of anilines is 1. The Morgan fingerprint density at radius 1 is 0.507 bits per heavy atom. The van der Waals surface area contributed by atoms with E-state index in [4.69, 9.17) is 0 Å². The summed E-state index contributed by atoms with van der Waals surface area (Å²) in [5.74, 6) is 1.83. The first kappa shape index (κ1) is 46.5. The molecule has 4 heteroatoms. The summed E-state index contributed by atoms with van der Waals surface area (Å²) < 4.78 is 0. The van der Waals surface area contributed by atoms with Crippen molar-refractivity contribution in [2.75, 3.05) is 4.90 Å². The van der Waals surface area contributed by atoms with Crippen LogP contribution in [0, 0.1) is 23.7 Å². The zero-order valence-electron chi connectivity index (χ0n) is 41.9. The molecule has 1 aromatic rings. The molecular formula is C65H74N4. The molecule has 0 radical (unpaired) electrons. The summed E-state index contributed by atoms with van der Waals surface area (Å²) in [4.78, 5) is 10.5. The zero-order valence-corrected chi connectivity index (χ0v) is 41.9. The highest BCUT2D eigenvalue weighted by Crippen LogP contribution is 2.41. The van der Waals surface area contributed by atoms with Gasteiger partial charge in [0, 0.05) is 51.5 Å². The number of allylic oxidation sites excluding steroid dienone is 24. The van der Waals surface area contributed by atoms with Gasteiger partial charge in [0.25, 0.3) is 0 Å². The first-order valence-corrected chi connectivity index (χ1v) is 26.3. The Kier molecular flexibility index (Phi) is 14.3. The highest BCUT2D eigenvalue weighted by molar-refractivity contribution is 5.59. The number of hydrogen-bond acceptors (Lipinski definition) is 4. The molecule has 0 amide bonds. The molecule has 8 unspecified atom stereocenters. The molecule has 0 saturated heterocycles. The van der Waals surface area contributed by atoms with Gasteiger partial charge in [0.05, 0.1) is 24.2 Å². The van der Waals surface area contributed by atoms with Crippen molar-refractivity contribution in [3.8, 4) is 0 Å². The maximum Gasteiger partial charge on any atom is 0.0561 e. The van der Waals surface area contributed by atoms with Crippen molar-refractivity contribution in [1.29, 1.82) is 0 Å². The Morgan fingerprint density at radius 2 is 1.23 bits per heavy atom. The van der Waals surface area contributed by atoms with E-state index in [1.807, 2.05) is 0 Å². The molecule has 0 fully saturated rings. The van der Waals surface area contributed by atoms with Crippen LogP contribution in [-0.4, -0.2) is 38.9 Å². The van der Waals surface area contributed by atoms with E-state index in [2.05, 4.69) is 243 Å². The van der Waals surface area contributed by atoms with Crippen LogP contribution in [0.5, 0.6) is 0 Å². The van der Waals surface area contributed by atoms with E-state index in [1.54, 1.807) is 0 Å². The average molecular weight is 911 g/mol. The lowest BCUT2D eigenvalue weighted by Gasteiger charge is -2.43. The van der Waals surface area contributed by atoms with E-state index in [-0.39, 0.29) is 6.04 Å². The van der Waals surface area contributed by atoms with E-state index in [9.17, 15) is 0 Å². The summed E-state index contributed by atoms with van der Waals surface area (Å²) >= 11 is 0. The number of nitrogens with zero attached hydrogens (tertiary/aromatic N) is 4. The fourth-order valence-corrected chi connectivity index (χ4v) is 12.1. The molecule has 0 N–H and O–H groups in total. The fraction of sp³-hybridized carbons (Fsp3) is 0.354. The van der Waals surface area contributed by atoms with Gasteiger partial charge >= 0.3 is 0 Å². The van der Waals surface area contributed by atoms with Crippen LogP contribution in [-0.2, 0) is 0 Å². The summed E-state index contributed by atoms with van der Waals surface area (Å²) in [6, 6.07) is 12.3. The second-order valence-electron chi connectivity index (χ2n) is 21.0. The first-order valence-electron chi connectivity index (χ1n) is 26.3. The van der Waals surface area contributed by atoms with Crippen molar-refractivity contribution in [2.45, 2.75) is 123 Å². The minimum absolute atomic E-state index is 0.209. The smallest absolute Gasteiger partial charge is 0.0561 e. The predicted octanol–water partition coefficient (Wildman–Crippen LogP) is 15.9. The summed E-state index contributed by atoms with van der Waals surface area (Å²) in [6.07, 6.45) is 72.7. The molecule has 1 aromatic carbocycles. The number of hydrogen-bond donors (Lipinski definition) is 0. The Morgan fingerprint density at radius 3 is 1.91 bits per heavy atom. The lowest BCUT2D eigenvalue weighted by atomic mass is 9.79. The minimum Gasteiger partial charge on any atom is -0.361 e. The normalized spacial score (nSPS) is 29.3. The van der Waals surface area contributed by atoms with Gasteiger partial charge < -0.3 is 19.6 Å². The Labute approximate surface area is 415 Å². The van der Waals surface area contributed by atoms with Crippen molar-refractivity contribution in [2.24, 2.45) is 23.7 Å². The topological polar surface area (TPSA) is 13.0 Å². The highest BCUT2D eigenvalue weighted by Gasteiger charge is 2.33. The molecule has 4 nitrogen and oxygen atoms in total. The van der Waals surface area contributed by atoms with Crippen molar-refractivity contribution in [3.05, 3.63) is 245 Å². The van der Waals surface area contributed by atoms with Crippen molar-refractivity contribution < 1.29 is 0 Å². The molecule has 0 aliphatic heterocycles. The second kappa shape index (κ2) is 21.2. The summed E-state index contributed by atoms with van der Waals surface area (Å²) in [5, 5.41) is 0. The van der Waals surface area contributed by atoms with Crippen LogP contribution < -0.4 is 4.90 Å².